The van der Waals surface area contributed by atoms with E-state index >= 15 is 0 Å². The molecule has 0 aliphatic rings. The van der Waals surface area contributed by atoms with Gasteiger partial charge >= 0.3 is 6.09 Å². The normalized spacial score (nSPS) is 11.1. The minimum atomic E-state index is -0.490. The van der Waals surface area contributed by atoms with Crippen LogP contribution in [-0.4, -0.2) is 31.5 Å². The van der Waals surface area contributed by atoms with Gasteiger partial charge in [0.05, 0.1) is 13.2 Å². The third-order valence-electron chi connectivity index (χ3n) is 2.69. The first-order chi connectivity index (χ1) is 10.4. The first kappa shape index (κ1) is 18.3. The van der Waals surface area contributed by atoms with E-state index in [4.69, 9.17) is 15.4 Å². The molecule has 0 spiro atoms. The Morgan fingerprint density at radius 1 is 1.18 bits per heavy atom. The molecule has 0 bridgehead atoms. The fourth-order valence-corrected chi connectivity index (χ4v) is 1.75. The molecule has 1 aromatic carbocycles. The Morgan fingerprint density at radius 2 is 1.86 bits per heavy atom. The van der Waals surface area contributed by atoms with Gasteiger partial charge < -0.3 is 19.6 Å². The molecule has 22 heavy (non-hydrogen) atoms. The number of hydrogen-bond donors (Lipinski definition) is 2. The molecular formula is C16H26N2O4. The standard InChI is InChI=1S/C16H26N2O4/c1-16(2,3)22-15(19)18-10-12-20-14-8-6-13(7-9-14)5-4-11-21-17/h6-9H,4-5,10-12,17H2,1-3H3,(H,18,19). The number of nitrogens with two attached hydrogens (primary N) is 1. The van der Waals surface area contributed by atoms with Crippen LogP contribution in [0.5, 0.6) is 5.75 Å². The van der Waals surface area contributed by atoms with Gasteiger partial charge in [0, 0.05) is 0 Å². The van der Waals surface area contributed by atoms with Crippen molar-refractivity contribution in [2.24, 2.45) is 5.90 Å². The highest BCUT2D eigenvalue weighted by molar-refractivity contribution is 5.67. The third kappa shape index (κ3) is 8.49. The van der Waals surface area contributed by atoms with Crippen molar-refractivity contribution >= 4 is 6.09 Å². The average Bonchev–Trinajstić information content (AvgIpc) is 2.43. The summed E-state index contributed by atoms with van der Waals surface area (Å²) in [5, 5.41) is 2.64. The quantitative estimate of drug-likeness (QED) is 0.569. The SMILES string of the molecule is CC(C)(C)OC(=O)NCCOc1ccc(CCCON)cc1. The van der Waals surface area contributed by atoms with Crippen molar-refractivity contribution in [2.45, 2.75) is 39.2 Å². The van der Waals surface area contributed by atoms with Crippen LogP contribution >= 0.6 is 0 Å². The molecule has 0 unspecified atom stereocenters. The van der Waals surface area contributed by atoms with Gasteiger partial charge in [0.1, 0.15) is 18.0 Å². The van der Waals surface area contributed by atoms with Gasteiger partial charge in [-0.1, -0.05) is 12.1 Å². The number of benzene rings is 1. The largest absolute Gasteiger partial charge is 0.492 e. The maximum absolute atomic E-state index is 11.4. The van der Waals surface area contributed by atoms with Crippen molar-refractivity contribution in [3.05, 3.63) is 29.8 Å². The summed E-state index contributed by atoms with van der Waals surface area (Å²) in [5.74, 6) is 5.75. The van der Waals surface area contributed by atoms with Crippen LogP contribution < -0.4 is 16.0 Å². The minimum Gasteiger partial charge on any atom is -0.492 e. The van der Waals surface area contributed by atoms with Crippen molar-refractivity contribution in [3.63, 3.8) is 0 Å². The molecule has 0 saturated carbocycles. The van der Waals surface area contributed by atoms with Crippen LogP contribution in [0, 0.1) is 0 Å². The Kier molecular flexibility index (Phi) is 7.70. The number of alkyl carbamates (subject to hydrolysis) is 1. The van der Waals surface area contributed by atoms with Crippen molar-refractivity contribution < 1.29 is 19.1 Å². The summed E-state index contributed by atoms with van der Waals surface area (Å²) in [6, 6.07) is 7.83. The molecule has 6 nitrogen and oxygen atoms in total. The van der Waals surface area contributed by atoms with Crippen LogP contribution in [0.3, 0.4) is 0 Å². The summed E-state index contributed by atoms with van der Waals surface area (Å²) in [6.07, 6.45) is 1.36. The first-order valence-corrected chi connectivity index (χ1v) is 7.41. The Hall–Kier alpha value is -1.79. The lowest BCUT2D eigenvalue weighted by Crippen LogP contribution is -2.34. The predicted octanol–water partition coefficient (Wildman–Crippen LogP) is 2.41. The summed E-state index contributed by atoms with van der Waals surface area (Å²) in [4.78, 5) is 16.0. The zero-order chi connectivity index (χ0) is 16.4. The lowest BCUT2D eigenvalue weighted by Gasteiger charge is -2.19. The maximum Gasteiger partial charge on any atom is 0.407 e. The molecular weight excluding hydrogens is 284 g/mol. The molecule has 6 heteroatoms. The summed E-state index contributed by atoms with van der Waals surface area (Å²) >= 11 is 0. The van der Waals surface area contributed by atoms with Gasteiger partial charge in [0.25, 0.3) is 0 Å². The number of aryl methyl sites for hydroxylation is 1. The molecule has 1 aromatic rings. The van der Waals surface area contributed by atoms with Gasteiger partial charge in [0.15, 0.2) is 0 Å². The van der Waals surface area contributed by atoms with Crippen molar-refractivity contribution in [2.75, 3.05) is 19.8 Å². The molecule has 0 aromatic heterocycles. The maximum atomic E-state index is 11.4. The van der Waals surface area contributed by atoms with Gasteiger partial charge in [-0.3, -0.25) is 0 Å². The van der Waals surface area contributed by atoms with E-state index in [1.807, 2.05) is 45.0 Å². The second-order valence-corrected chi connectivity index (χ2v) is 5.90. The fourth-order valence-electron chi connectivity index (χ4n) is 1.75. The zero-order valence-electron chi connectivity index (χ0n) is 13.6. The average molecular weight is 310 g/mol. The molecule has 0 fully saturated rings. The van der Waals surface area contributed by atoms with Crippen LogP contribution in [0.1, 0.15) is 32.8 Å². The predicted molar refractivity (Wildman–Crippen MR) is 84.6 cm³/mol. The smallest absolute Gasteiger partial charge is 0.407 e. The summed E-state index contributed by atoms with van der Waals surface area (Å²) in [7, 11) is 0. The van der Waals surface area contributed by atoms with Crippen molar-refractivity contribution in [1.82, 2.24) is 5.32 Å². The van der Waals surface area contributed by atoms with Crippen LogP contribution in [0.2, 0.25) is 0 Å². The molecule has 0 heterocycles. The number of ether oxygens (including phenoxy) is 2. The van der Waals surface area contributed by atoms with Crippen LogP contribution in [0.25, 0.3) is 0 Å². The number of nitrogens with one attached hydrogen (secondary N) is 1. The van der Waals surface area contributed by atoms with Crippen molar-refractivity contribution in [1.29, 1.82) is 0 Å². The van der Waals surface area contributed by atoms with Gasteiger partial charge in [-0.25, -0.2) is 10.7 Å². The lowest BCUT2D eigenvalue weighted by atomic mass is 10.1. The lowest BCUT2D eigenvalue weighted by molar-refractivity contribution is 0.0520. The summed E-state index contributed by atoms with van der Waals surface area (Å²) in [6.45, 7) is 6.80. The van der Waals surface area contributed by atoms with Gasteiger partial charge in [-0.2, -0.15) is 0 Å². The summed E-state index contributed by atoms with van der Waals surface area (Å²) < 4.78 is 10.7. The second kappa shape index (κ2) is 9.27. The Morgan fingerprint density at radius 3 is 2.45 bits per heavy atom. The van der Waals surface area contributed by atoms with E-state index in [0.717, 1.165) is 18.6 Å². The third-order valence-corrected chi connectivity index (χ3v) is 2.69. The number of amides is 1. The van der Waals surface area contributed by atoms with E-state index in [-0.39, 0.29) is 0 Å². The fraction of sp³-hybridized carbons (Fsp3) is 0.562. The molecule has 1 rings (SSSR count). The topological polar surface area (TPSA) is 82.8 Å². The van der Waals surface area contributed by atoms with E-state index in [1.54, 1.807) is 0 Å². The van der Waals surface area contributed by atoms with Crippen LogP contribution in [-0.2, 0) is 16.0 Å². The van der Waals surface area contributed by atoms with Gasteiger partial charge in [-0.15, -0.1) is 0 Å². The molecule has 1 amide bonds. The number of rotatable bonds is 8. The zero-order valence-corrected chi connectivity index (χ0v) is 13.6. The Bertz CT molecular complexity index is 440. The highest BCUT2D eigenvalue weighted by atomic mass is 16.6. The summed E-state index contributed by atoms with van der Waals surface area (Å²) in [5.41, 5.74) is 0.715. The molecule has 0 aliphatic carbocycles. The van der Waals surface area contributed by atoms with E-state index in [2.05, 4.69) is 10.2 Å². The van der Waals surface area contributed by atoms with Gasteiger partial charge in [-0.05, 0) is 51.3 Å². The van der Waals surface area contributed by atoms with Crippen molar-refractivity contribution in [3.8, 4) is 5.75 Å². The number of carbonyl (C=O) groups excluding carboxylic acids is 1. The molecule has 0 saturated heterocycles. The minimum absolute atomic E-state index is 0.388. The van der Waals surface area contributed by atoms with Crippen LogP contribution in [0.4, 0.5) is 4.79 Å². The first-order valence-electron chi connectivity index (χ1n) is 7.41. The Labute approximate surface area is 131 Å². The molecule has 124 valence electrons. The number of hydrogen-bond acceptors (Lipinski definition) is 5. The molecule has 0 radical (unpaired) electrons. The van der Waals surface area contributed by atoms with Gasteiger partial charge in [0.2, 0.25) is 0 Å². The Balaban J connectivity index is 2.21. The molecule has 3 N–H and O–H groups in total. The molecule has 0 atom stereocenters. The van der Waals surface area contributed by atoms with E-state index in [1.165, 1.54) is 5.56 Å². The van der Waals surface area contributed by atoms with E-state index in [0.29, 0.717) is 19.8 Å². The highest BCUT2D eigenvalue weighted by Crippen LogP contribution is 2.13. The van der Waals surface area contributed by atoms with Crippen LogP contribution in [0.15, 0.2) is 24.3 Å². The van der Waals surface area contributed by atoms with E-state index in [9.17, 15) is 4.79 Å². The number of carbonyl (C=O) groups is 1. The van der Waals surface area contributed by atoms with E-state index < -0.39 is 11.7 Å². The second-order valence-electron chi connectivity index (χ2n) is 5.90. The highest BCUT2D eigenvalue weighted by Gasteiger charge is 2.15. The molecule has 0 aliphatic heterocycles. The monoisotopic (exact) mass is 310 g/mol.